The van der Waals surface area contributed by atoms with Crippen LogP contribution in [0.25, 0.3) is 0 Å². The zero-order valence-electron chi connectivity index (χ0n) is 7.45. The highest BCUT2D eigenvalue weighted by molar-refractivity contribution is 5.45. The molecular formula is C9H7FN2O2. The summed E-state index contributed by atoms with van der Waals surface area (Å²) in [6, 6.07) is 4.24. The first-order valence-corrected chi connectivity index (χ1v) is 3.87. The van der Waals surface area contributed by atoms with E-state index in [1.165, 1.54) is 19.1 Å². The Bertz CT molecular complexity index is 424. The van der Waals surface area contributed by atoms with E-state index in [9.17, 15) is 14.5 Å². The number of halogens is 1. The molecule has 0 aliphatic carbocycles. The first kappa shape index (κ1) is 10.1. The van der Waals surface area contributed by atoms with Crippen molar-refractivity contribution in [1.82, 2.24) is 0 Å². The van der Waals surface area contributed by atoms with Gasteiger partial charge in [0, 0.05) is 6.07 Å². The van der Waals surface area contributed by atoms with E-state index in [0.717, 1.165) is 0 Å². The fourth-order valence-electron chi connectivity index (χ4n) is 1.15. The van der Waals surface area contributed by atoms with Gasteiger partial charge in [-0.15, -0.1) is 0 Å². The van der Waals surface area contributed by atoms with Gasteiger partial charge in [-0.05, 0) is 18.6 Å². The van der Waals surface area contributed by atoms with Crippen molar-refractivity contribution in [2.45, 2.75) is 13.3 Å². The summed E-state index contributed by atoms with van der Waals surface area (Å²) < 4.78 is 13.4. The topological polar surface area (TPSA) is 66.9 Å². The Kier molecular flexibility index (Phi) is 2.77. The number of nitro groups is 1. The van der Waals surface area contributed by atoms with Crippen molar-refractivity contribution in [3.63, 3.8) is 0 Å². The monoisotopic (exact) mass is 194 g/mol. The van der Waals surface area contributed by atoms with E-state index in [0.29, 0.717) is 5.56 Å². The third-order valence-electron chi connectivity index (χ3n) is 1.86. The van der Waals surface area contributed by atoms with Gasteiger partial charge >= 0.3 is 0 Å². The molecule has 0 saturated carbocycles. The Morgan fingerprint density at radius 3 is 2.79 bits per heavy atom. The van der Waals surface area contributed by atoms with Crippen LogP contribution in [0.3, 0.4) is 0 Å². The summed E-state index contributed by atoms with van der Waals surface area (Å²) in [5, 5.41) is 18.9. The molecular weight excluding hydrogens is 187 g/mol. The third kappa shape index (κ3) is 1.69. The second-order valence-corrected chi connectivity index (χ2v) is 2.79. The molecule has 0 unspecified atom stereocenters. The molecule has 0 bridgehead atoms. The summed E-state index contributed by atoms with van der Waals surface area (Å²) in [5.74, 6) is -0.666. The number of nitro benzene ring substituents is 1. The number of aryl methyl sites for hydroxylation is 1. The molecule has 0 aromatic heterocycles. The summed E-state index contributed by atoms with van der Waals surface area (Å²) in [5.41, 5.74) is -0.173. The van der Waals surface area contributed by atoms with Crippen molar-refractivity contribution in [1.29, 1.82) is 5.26 Å². The fraction of sp³-hybridized carbons (Fsp3) is 0.222. The normalized spacial score (nSPS) is 9.50. The van der Waals surface area contributed by atoms with Gasteiger partial charge in [0.15, 0.2) is 0 Å². The molecule has 1 rings (SSSR count). The number of rotatable bonds is 2. The van der Waals surface area contributed by atoms with Crippen molar-refractivity contribution >= 4 is 5.69 Å². The van der Waals surface area contributed by atoms with E-state index in [4.69, 9.17) is 5.26 Å². The van der Waals surface area contributed by atoms with Gasteiger partial charge in [0.1, 0.15) is 5.82 Å². The molecule has 0 radical (unpaired) electrons. The molecule has 0 N–H and O–H groups in total. The molecule has 1 aromatic carbocycles. The van der Waals surface area contributed by atoms with Crippen LogP contribution in [0, 0.1) is 34.2 Å². The lowest BCUT2D eigenvalue weighted by atomic mass is 10.1. The molecule has 4 nitrogen and oxygen atoms in total. The van der Waals surface area contributed by atoms with Gasteiger partial charge < -0.3 is 0 Å². The van der Waals surface area contributed by atoms with E-state index >= 15 is 0 Å². The predicted octanol–water partition coefficient (Wildman–Crippen LogP) is 2.11. The maximum absolute atomic E-state index is 13.4. The molecule has 0 atom stereocenters. The Labute approximate surface area is 79.7 Å². The molecule has 5 heteroatoms. The van der Waals surface area contributed by atoms with Gasteiger partial charge in [-0.3, -0.25) is 10.1 Å². The molecule has 1 aromatic rings. The van der Waals surface area contributed by atoms with E-state index < -0.39 is 10.7 Å². The zero-order chi connectivity index (χ0) is 10.7. The summed E-state index contributed by atoms with van der Waals surface area (Å²) in [7, 11) is 0. The van der Waals surface area contributed by atoms with Gasteiger partial charge in [-0.2, -0.15) is 5.26 Å². The number of hydrogen-bond donors (Lipinski definition) is 0. The third-order valence-corrected chi connectivity index (χ3v) is 1.86. The molecule has 0 amide bonds. The number of hydrogen-bond acceptors (Lipinski definition) is 3. The molecule has 0 aliphatic rings. The van der Waals surface area contributed by atoms with E-state index in [2.05, 4.69) is 0 Å². The lowest BCUT2D eigenvalue weighted by Crippen LogP contribution is -1.99. The number of nitriles is 1. The van der Waals surface area contributed by atoms with Crippen LogP contribution in [-0.4, -0.2) is 4.92 Å². The van der Waals surface area contributed by atoms with Crippen molar-refractivity contribution in [2.24, 2.45) is 0 Å². The van der Waals surface area contributed by atoms with Gasteiger partial charge in [0.05, 0.1) is 23.0 Å². The quantitative estimate of drug-likeness (QED) is 0.534. The van der Waals surface area contributed by atoms with Crippen LogP contribution in [0.2, 0.25) is 0 Å². The maximum Gasteiger partial charge on any atom is 0.276 e. The predicted molar refractivity (Wildman–Crippen MR) is 47.1 cm³/mol. The Balaban J connectivity index is 3.39. The highest BCUT2D eigenvalue weighted by Gasteiger charge is 2.18. The molecule has 0 saturated heterocycles. The lowest BCUT2D eigenvalue weighted by molar-refractivity contribution is -0.385. The minimum atomic E-state index is -0.685. The van der Waals surface area contributed by atoms with E-state index in [1.54, 1.807) is 6.07 Å². The van der Waals surface area contributed by atoms with Crippen LogP contribution >= 0.6 is 0 Å². The molecule has 0 aliphatic heterocycles. The average Bonchev–Trinajstić information content (AvgIpc) is 2.13. The van der Waals surface area contributed by atoms with Crippen molar-refractivity contribution < 1.29 is 9.31 Å². The van der Waals surface area contributed by atoms with Crippen molar-refractivity contribution in [2.75, 3.05) is 0 Å². The molecule has 0 fully saturated rings. The largest absolute Gasteiger partial charge is 0.276 e. The molecule has 0 heterocycles. The van der Waals surface area contributed by atoms with E-state index in [-0.39, 0.29) is 17.7 Å². The van der Waals surface area contributed by atoms with Gasteiger partial charge in [0.2, 0.25) is 0 Å². The van der Waals surface area contributed by atoms with E-state index in [1.807, 2.05) is 0 Å². The molecule has 0 spiro atoms. The van der Waals surface area contributed by atoms with Gasteiger partial charge in [-0.25, -0.2) is 4.39 Å². The van der Waals surface area contributed by atoms with Crippen LogP contribution in [0.1, 0.15) is 11.1 Å². The van der Waals surface area contributed by atoms with Crippen LogP contribution in [0.15, 0.2) is 12.1 Å². The summed E-state index contributed by atoms with van der Waals surface area (Å²) in [6.07, 6.45) is -0.288. The minimum absolute atomic E-state index is 0.141. The summed E-state index contributed by atoms with van der Waals surface area (Å²) in [6.45, 7) is 1.50. The second-order valence-electron chi connectivity index (χ2n) is 2.79. The smallest absolute Gasteiger partial charge is 0.258 e. The molecule has 14 heavy (non-hydrogen) atoms. The fourth-order valence-corrected chi connectivity index (χ4v) is 1.15. The summed E-state index contributed by atoms with van der Waals surface area (Å²) in [4.78, 5) is 9.80. The SMILES string of the molecule is Cc1ccc([N+](=O)[O-])c(CC#N)c1F. The minimum Gasteiger partial charge on any atom is -0.258 e. The second kappa shape index (κ2) is 3.83. The average molecular weight is 194 g/mol. The lowest BCUT2D eigenvalue weighted by Gasteiger charge is -2.02. The van der Waals surface area contributed by atoms with Gasteiger partial charge in [-0.1, -0.05) is 0 Å². The first-order valence-electron chi connectivity index (χ1n) is 3.87. The van der Waals surface area contributed by atoms with Crippen LogP contribution < -0.4 is 0 Å². The van der Waals surface area contributed by atoms with Crippen molar-refractivity contribution in [3.8, 4) is 6.07 Å². The van der Waals surface area contributed by atoms with Crippen LogP contribution in [0.4, 0.5) is 10.1 Å². The Hall–Kier alpha value is -1.96. The number of benzene rings is 1. The van der Waals surface area contributed by atoms with Crippen LogP contribution in [-0.2, 0) is 6.42 Å². The summed E-state index contributed by atoms with van der Waals surface area (Å²) >= 11 is 0. The number of nitrogens with zero attached hydrogens (tertiary/aromatic N) is 2. The van der Waals surface area contributed by atoms with Crippen LogP contribution in [0.5, 0.6) is 0 Å². The maximum atomic E-state index is 13.4. The zero-order valence-corrected chi connectivity index (χ0v) is 7.45. The Morgan fingerprint density at radius 1 is 1.64 bits per heavy atom. The molecule has 72 valence electrons. The van der Waals surface area contributed by atoms with Gasteiger partial charge in [0.25, 0.3) is 5.69 Å². The highest BCUT2D eigenvalue weighted by atomic mass is 19.1. The highest BCUT2D eigenvalue weighted by Crippen LogP contribution is 2.24. The van der Waals surface area contributed by atoms with Crippen molar-refractivity contribution in [3.05, 3.63) is 39.2 Å². The first-order chi connectivity index (χ1) is 6.57. The standard InChI is InChI=1S/C9H7FN2O2/c1-6-2-3-8(12(13)14)7(4-5-11)9(6)10/h2-3H,4H2,1H3. The Morgan fingerprint density at radius 2 is 2.29 bits per heavy atom.